The molecule has 4 rings (SSSR count). The van der Waals surface area contributed by atoms with Crippen LogP contribution in [0.4, 0.5) is 4.79 Å². The quantitative estimate of drug-likeness (QED) is 0.444. The largest absolute Gasteiger partial charge is 0.497 e. The number of carboxylic acids is 1. The van der Waals surface area contributed by atoms with Crippen molar-refractivity contribution in [3.8, 4) is 11.5 Å². The normalized spacial score (nSPS) is 18.4. The first kappa shape index (κ1) is 25.4. The molecule has 1 fully saturated rings. The minimum Gasteiger partial charge on any atom is -0.497 e. The number of aliphatic carboxylic acids is 1. The van der Waals surface area contributed by atoms with Crippen LogP contribution in [0.15, 0.2) is 48.5 Å². The number of carbonyl (C=O) groups is 2. The molecule has 2 amide bonds. The Morgan fingerprint density at radius 3 is 1.94 bits per heavy atom. The first-order valence-electron chi connectivity index (χ1n) is 12.0. The number of carboxylic acid groups (broad SMARTS) is 1. The van der Waals surface area contributed by atoms with Crippen molar-refractivity contribution in [2.24, 2.45) is 5.92 Å². The highest BCUT2D eigenvalue weighted by atomic mass is 16.5. The van der Waals surface area contributed by atoms with Crippen molar-refractivity contribution in [2.75, 3.05) is 40.9 Å². The third-order valence-electron chi connectivity index (χ3n) is 7.13. The fourth-order valence-corrected chi connectivity index (χ4v) is 5.33. The Morgan fingerprint density at radius 2 is 1.47 bits per heavy atom. The van der Waals surface area contributed by atoms with E-state index in [9.17, 15) is 19.9 Å². The number of hydroxylamine groups is 2. The van der Waals surface area contributed by atoms with Crippen molar-refractivity contribution in [1.29, 1.82) is 0 Å². The maximum absolute atomic E-state index is 12.2. The summed E-state index contributed by atoms with van der Waals surface area (Å²) >= 11 is 0. The lowest BCUT2D eigenvalue weighted by Gasteiger charge is -2.39. The first-order valence-corrected chi connectivity index (χ1v) is 12.0. The second-order valence-electron chi connectivity index (χ2n) is 9.21. The number of piperidine rings is 1. The standard InChI is InChI=1S/C27H33N3O6/c1-28(34)27(33)29-14-12-19(13-15-29)24-16-23(18-4-8-21(35-2)9-5-18)26(30(24)17-25(31)32)20-6-10-22(36-3)11-7-20/h4-11,19,24,34H,12-17H2,1-3H3,(H,31,32). The van der Waals surface area contributed by atoms with E-state index in [1.165, 1.54) is 7.05 Å². The molecule has 0 aromatic heterocycles. The molecule has 1 saturated heterocycles. The van der Waals surface area contributed by atoms with E-state index in [0.29, 0.717) is 24.6 Å². The molecule has 2 aromatic rings. The lowest BCUT2D eigenvalue weighted by atomic mass is 9.86. The van der Waals surface area contributed by atoms with Crippen molar-refractivity contribution in [2.45, 2.75) is 25.3 Å². The number of likely N-dealkylation sites (tertiary alicyclic amines) is 1. The summed E-state index contributed by atoms with van der Waals surface area (Å²) in [6.07, 6.45) is 2.15. The summed E-state index contributed by atoms with van der Waals surface area (Å²) in [6.45, 7) is 0.910. The number of urea groups is 1. The van der Waals surface area contributed by atoms with Crippen molar-refractivity contribution in [3.05, 3.63) is 59.7 Å². The second kappa shape index (κ2) is 10.9. The number of ether oxygens (including phenoxy) is 2. The number of hydrogen-bond acceptors (Lipinski definition) is 6. The zero-order valence-corrected chi connectivity index (χ0v) is 20.9. The number of methoxy groups -OCH3 is 2. The van der Waals surface area contributed by atoms with E-state index in [-0.39, 0.29) is 18.5 Å². The predicted molar refractivity (Wildman–Crippen MR) is 135 cm³/mol. The van der Waals surface area contributed by atoms with Crippen LogP contribution in [-0.2, 0) is 4.79 Å². The molecule has 0 spiro atoms. The minimum atomic E-state index is -0.892. The summed E-state index contributed by atoms with van der Waals surface area (Å²) < 4.78 is 10.7. The van der Waals surface area contributed by atoms with Gasteiger partial charge in [0.2, 0.25) is 0 Å². The van der Waals surface area contributed by atoms with E-state index < -0.39 is 12.0 Å². The van der Waals surface area contributed by atoms with Gasteiger partial charge in [0.05, 0.1) is 14.2 Å². The summed E-state index contributed by atoms with van der Waals surface area (Å²) in [4.78, 5) is 27.9. The van der Waals surface area contributed by atoms with Gasteiger partial charge in [-0.1, -0.05) is 12.1 Å². The Bertz CT molecular complexity index is 1110. The topological polar surface area (TPSA) is 103 Å². The molecule has 1 atom stereocenters. The Morgan fingerprint density at radius 1 is 0.944 bits per heavy atom. The van der Waals surface area contributed by atoms with Gasteiger partial charge in [-0.25, -0.2) is 9.86 Å². The van der Waals surface area contributed by atoms with Crippen molar-refractivity contribution in [1.82, 2.24) is 14.9 Å². The highest BCUT2D eigenvalue weighted by Gasteiger charge is 2.40. The monoisotopic (exact) mass is 495 g/mol. The van der Waals surface area contributed by atoms with E-state index in [1.54, 1.807) is 19.1 Å². The molecule has 0 saturated carbocycles. The molecule has 2 N–H and O–H groups in total. The van der Waals surface area contributed by atoms with Crippen LogP contribution in [0, 0.1) is 5.92 Å². The van der Waals surface area contributed by atoms with Gasteiger partial charge in [0.15, 0.2) is 0 Å². The number of nitrogens with zero attached hydrogens (tertiary/aromatic N) is 3. The van der Waals surface area contributed by atoms with Gasteiger partial charge in [0, 0.05) is 31.9 Å². The van der Waals surface area contributed by atoms with Gasteiger partial charge >= 0.3 is 12.0 Å². The molecule has 1 unspecified atom stereocenters. The summed E-state index contributed by atoms with van der Waals surface area (Å²) in [6, 6.07) is 15.1. The van der Waals surface area contributed by atoms with Gasteiger partial charge in [-0.2, -0.15) is 0 Å². The van der Waals surface area contributed by atoms with E-state index in [2.05, 4.69) is 0 Å². The average Bonchev–Trinajstić information content (AvgIpc) is 3.26. The molecule has 2 heterocycles. The Hall–Kier alpha value is -3.72. The molecule has 2 aliphatic rings. The van der Waals surface area contributed by atoms with Crippen LogP contribution in [-0.4, -0.2) is 84.1 Å². The van der Waals surface area contributed by atoms with E-state index in [4.69, 9.17) is 9.47 Å². The lowest BCUT2D eigenvalue weighted by molar-refractivity contribution is -0.138. The van der Waals surface area contributed by atoms with Crippen molar-refractivity contribution < 1.29 is 29.4 Å². The molecule has 9 nitrogen and oxygen atoms in total. The summed E-state index contributed by atoms with van der Waals surface area (Å²) in [5, 5.41) is 20.0. The molecule has 0 aliphatic carbocycles. The molecule has 9 heteroatoms. The predicted octanol–water partition coefficient (Wildman–Crippen LogP) is 3.88. The fourth-order valence-electron chi connectivity index (χ4n) is 5.33. The number of carbonyl (C=O) groups excluding carboxylic acids is 1. The van der Waals surface area contributed by atoms with Crippen LogP contribution in [0.1, 0.15) is 30.4 Å². The van der Waals surface area contributed by atoms with E-state index in [0.717, 1.165) is 46.7 Å². The average molecular weight is 496 g/mol. The molecular weight excluding hydrogens is 462 g/mol. The molecule has 2 aromatic carbocycles. The van der Waals surface area contributed by atoms with E-state index in [1.807, 2.05) is 53.4 Å². The molecule has 36 heavy (non-hydrogen) atoms. The van der Waals surface area contributed by atoms with Gasteiger partial charge < -0.3 is 24.4 Å². The molecular formula is C27H33N3O6. The van der Waals surface area contributed by atoms with Crippen molar-refractivity contribution >= 4 is 23.3 Å². The van der Waals surface area contributed by atoms with Crippen LogP contribution < -0.4 is 9.47 Å². The number of hydrogen-bond donors (Lipinski definition) is 2. The maximum atomic E-state index is 12.2. The Balaban J connectivity index is 1.70. The molecule has 2 aliphatic heterocycles. The van der Waals surface area contributed by atoms with Gasteiger partial charge in [0.1, 0.15) is 18.0 Å². The Kier molecular flexibility index (Phi) is 7.69. The SMILES string of the molecule is COc1ccc(C2=C(c3ccc(OC)cc3)N(CC(=O)O)C(C3CCN(C(=O)N(C)O)CC3)C2)cc1. The zero-order chi connectivity index (χ0) is 25.8. The molecule has 0 radical (unpaired) electrons. The van der Waals surface area contributed by atoms with Crippen molar-refractivity contribution in [3.63, 3.8) is 0 Å². The summed E-state index contributed by atoms with van der Waals surface area (Å²) in [5.74, 6) is 0.793. The number of rotatable bonds is 7. The highest BCUT2D eigenvalue weighted by Crippen LogP contribution is 2.45. The highest BCUT2D eigenvalue weighted by molar-refractivity contribution is 5.94. The van der Waals surface area contributed by atoms with Gasteiger partial charge in [-0.05, 0) is 78.3 Å². The van der Waals surface area contributed by atoms with Gasteiger partial charge in [-0.3, -0.25) is 10.0 Å². The summed E-state index contributed by atoms with van der Waals surface area (Å²) in [5.41, 5.74) is 3.94. The second-order valence-corrected chi connectivity index (χ2v) is 9.21. The lowest BCUT2D eigenvalue weighted by Crippen LogP contribution is -2.48. The van der Waals surface area contributed by atoms with Gasteiger partial charge in [-0.15, -0.1) is 0 Å². The first-order chi connectivity index (χ1) is 17.3. The Labute approximate surface area is 211 Å². The van der Waals surface area contributed by atoms with Gasteiger partial charge in [0.25, 0.3) is 0 Å². The van der Waals surface area contributed by atoms with Crippen LogP contribution in [0.2, 0.25) is 0 Å². The smallest absolute Gasteiger partial charge is 0.343 e. The molecule has 0 bridgehead atoms. The minimum absolute atomic E-state index is 0.0283. The van der Waals surface area contributed by atoms with Crippen LogP contribution in [0.5, 0.6) is 11.5 Å². The van der Waals surface area contributed by atoms with Crippen LogP contribution in [0.3, 0.4) is 0 Å². The number of amides is 2. The fraction of sp³-hybridized carbons (Fsp3) is 0.407. The third-order valence-corrected chi connectivity index (χ3v) is 7.13. The van der Waals surface area contributed by atoms with E-state index >= 15 is 0 Å². The van der Waals surface area contributed by atoms with Crippen LogP contribution >= 0.6 is 0 Å². The van der Waals surface area contributed by atoms with Crippen LogP contribution in [0.25, 0.3) is 11.3 Å². The number of benzene rings is 2. The third kappa shape index (κ3) is 5.26. The zero-order valence-electron chi connectivity index (χ0n) is 20.9. The summed E-state index contributed by atoms with van der Waals surface area (Å²) in [7, 11) is 4.57. The molecule has 192 valence electrons. The maximum Gasteiger partial charge on any atom is 0.343 e.